The molecule has 36 heavy (non-hydrogen) atoms. The van der Waals surface area contributed by atoms with Crippen molar-refractivity contribution in [1.29, 1.82) is 0 Å². The fourth-order valence-corrected chi connectivity index (χ4v) is 5.08. The van der Waals surface area contributed by atoms with Gasteiger partial charge in [-0.15, -0.1) is 0 Å². The predicted molar refractivity (Wildman–Crippen MR) is 142 cm³/mol. The van der Waals surface area contributed by atoms with Gasteiger partial charge in [-0.25, -0.2) is 0 Å². The second kappa shape index (κ2) is 10.3. The Labute approximate surface area is 212 Å². The van der Waals surface area contributed by atoms with Gasteiger partial charge in [0.05, 0.1) is 0 Å². The molecule has 1 heterocycles. The Bertz CT molecular complexity index is 1330. The largest absolute Gasteiger partial charge is 0.350 e. The zero-order valence-electron chi connectivity index (χ0n) is 20.3. The summed E-state index contributed by atoms with van der Waals surface area (Å²) in [6, 6.07) is 25.3. The van der Waals surface area contributed by atoms with Gasteiger partial charge in [-0.05, 0) is 59.2 Å². The van der Waals surface area contributed by atoms with E-state index in [2.05, 4.69) is 23.5 Å². The van der Waals surface area contributed by atoms with E-state index in [4.69, 9.17) is 5.73 Å². The standard InChI is InChI=1S/C31H31N3O2/c32-31(27-14-3-1-4-15-27,28-16-5-2-6-17-28)30(36)33-21-23-10-9-13-25(20-23)29(35)34-19-18-24-11-7-8-12-26(24)22-34/h1-5,7-16,20H,6,17-19,21-22,32H2,(H,33,36). The van der Waals surface area contributed by atoms with Crippen molar-refractivity contribution in [1.82, 2.24) is 10.2 Å². The molecule has 0 saturated heterocycles. The highest BCUT2D eigenvalue weighted by atomic mass is 16.2. The van der Waals surface area contributed by atoms with Crippen LogP contribution in [-0.2, 0) is 29.8 Å². The highest BCUT2D eigenvalue weighted by Crippen LogP contribution is 2.32. The lowest BCUT2D eigenvalue weighted by atomic mass is 9.79. The van der Waals surface area contributed by atoms with E-state index >= 15 is 0 Å². The Hall–Kier alpha value is -3.96. The molecular formula is C31H31N3O2. The summed E-state index contributed by atoms with van der Waals surface area (Å²) in [4.78, 5) is 28.7. The summed E-state index contributed by atoms with van der Waals surface area (Å²) in [5.41, 5.74) is 11.2. The molecule has 0 fully saturated rings. The fourth-order valence-electron chi connectivity index (χ4n) is 5.08. The molecule has 0 radical (unpaired) electrons. The van der Waals surface area contributed by atoms with Crippen LogP contribution in [0.1, 0.15) is 45.5 Å². The number of rotatable bonds is 6. The molecule has 1 aliphatic heterocycles. The van der Waals surface area contributed by atoms with Crippen LogP contribution >= 0.6 is 0 Å². The van der Waals surface area contributed by atoms with Crippen LogP contribution in [0.2, 0.25) is 0 Å². The molecule has 0 bridgehead atoms. The minimum absolute atomic E-state index is 0.00860. The summed E-state index contributed by atoms with van der Waals surface area (Å²) in [6.45, 7) is 1.61. The maximum absolute atomic E-state index is 13.5. The van der Waals surface area contributed by atoms with Gasteiger partial charge in [-0.3, -0.25) is 9.59 Å². The van der Waals surface area contributed by atoms with Gasteiger partial charge in [0.15, 0.2) is 0 Å². The number of carbonyl (C=O) groups excluding carboxylic acids is 2. The smallest absolute Gasteiger partial charge is 0.254 e. The van der Waals surface area contributed by atoms with Crippen LogP contribution in [0.25, 0.3) is 0 Å². The first-order valence-electron chi connectivity index (χ1n) is 12.5. The Morgan fingerprint density at radius 3 is 2.47 bits per heavy atom. The Morgan fingerprint density at radius 1 is 0.917 bits per heavy atom. The van der Waals surface area contributed by atoms with Crippen molar-refractivity contribution < 1.29 is 9.59 Å². The number of hydrogen-bond donors (Lipinski definition) is 2. The molecule has 5 heteroatoms. The number of carbonyl (C=O) groups is 2. The summed E-state index contributed by atoms with van der Waals surface area (Å²) in [5, 5.41) is 3.04. The van der Waals surface area contributed by atoms with Gasteiger partial charge < -0.3 is 16.0 Å². The van der Waals surface area contributed by atoms with Crippen molar-refractivity contribution in [3.05, 3.63) is 130 Å². The molecule has 0 aromatic heterocycles. The van der Waals surface area contributed by atoms with Crippen molar-refractivity contribution in [3.63, 3.8) is 0 Å². The number of allylic oxidation sites excluding steroid dienone is 3. The summed E-state index contributed by atoms with van der Waals surface area (Å²) >= 11 is 0. The number of nitrogens with one attached hydrogen (secondary N) is 1. The van der Waals surface area contributed by atoms with E-state index < -0.39 is 5.54 Å². The number of nitrogens with two attached hydrogens (primary N) is 1. The third-order valence-corrected chi connectivity index (χ3v) is 7.15. The van der Waals surface area contributed by atoms with Gasteiger partial charge in [0.2, 0.25) is 5.91 Å². The molecular weight excluding hydrogens is 446 g/mol. The highest BCUT2D eigenvalue weighted by molar-refractivity contribution is 5.95. The number of benzene rings is 3. The molecule has 3 N–H and O–H groups in total. The molecule has 1 atom stereocenters. The Kier molecular flexibility index (Phi) is 6.83. The van der Waals surface area contributed by atoms with Crippen LogP contribution in [0.3, 0.4) is 0 Å². The minimum atomic E-state index is -1.25. The van der Waals surface area contributed by atoms with E-state index in [-0.39, 0.29) is 18.4 Å². The number of amides is 2. The van der Waals surface area contributed by atoms with Crippen molar-refractivity contribution in [2.75, 3.05) is 6.54 Å². The summed E-state index contributed by atoms with van der Waals surface area (Å²) in [5.74, 6) is -0.242. The van der Waals surface area contributed by atoms with E-state index in [9.17, 15) is 9.59 Å². The third-order valence-electron chi connectivity index (χ3n) is 7.15. The predicted octanol–water partition coefficient (Wildman–Crippen LogP) is 4.63. The monoisotopic (exact) mass is 477 g/mol. The number of nitrogens with zero attached hydrogens (tertiary/aromatic N) is 1. The van der Waals surface area contributed by atoms with Crippen LogP contribution in [-0.4, -0.2) is 23.3 Å². The zero-order valence-corrected chi connectivity index (χ0v) is 20.3. The molecule has 3 aromatic carbocycles. The normalized spacial score (nSPS) is 16.5. The van der Waals surface area contributed by atoms with Crippen LogP contribution in [0.15, 0.2) is 103 Å². The molecule has 5 rings (SSSR count). The lowest BCUT2D eigenvalue weighted by molar-refractivity contribution is -0.125. The second-order valence-electron chi connectivity index (χ2n) is 9.46. The van der Waals surface area contributed by atoms with Gasteiger partial charge in [0.1, 0.15) is 5.54 Å². The maximum Gasteiger partial charge on any atom is 0.254 e. The van der Waals surface area contributed by atoms with Crippen LogP contribution in [0.5, 0.6) is 0 Å². The number of hydrogen-bond acceptors (Lipinski definition) is 3. The summed E-state index contributed by atoms with van der Waals surface area (Å²) in [6.07, 6.45) is 8.45. The molecule has 0 saturated carbocycles. The molecule has 1 unspecified atom stereocenters. The average Bonchev–Trinajstić information content (AvgIpc) is 2.96. The van der Waals surface area contributed by atoms with E-state index in [0.717, 1.165) is 36.0 Å². The highest BCUT2D eigenvalue weighted by Gasteiger charge is 2.39. The van der Waals surface area contributed by atoms with Crippen LogP contribution < -0.4 is 11.1 Å². The zero-order chi connectivity index (χ0) is 25.0. The van der Waals surface area contributed by atoms with Gasteiger partial charge in [0, 0.05) is 25.2 Å². The van der Waals surface area contributed by atoms with Crippen molar-refractivity contribution in [2.45, 2.75) is 37.9 Å². The fraction of sp³-hybridized carbons (Fsp3) is 0.226. The molecule has 5 nitrogen and oxygen atoms in total. The van der Waals surface area contributed by atoms with Crippen LogP contribution in [0.4, 0.5) is 0 Å². The first-order valence-corrected chi connectivity index (χ1v) is 12.5. The van der Waals surface area contributed by atoms with Crippen molar-refractivity contribution in [3.8, 4) is 0 Å². The summed E-state index contributed by atoms with van der Waals surface area (Å²) < 4.78 is 0. The number of fused-ring (bicyclic) bond motifs is 1. The summed E-state index contributed by atoms with van der Waals surface area (Å²) in [7, 11) is 0. The first kappa shape index (κ1) is 23.8. The van der Waals surface area contributed by atoms with Gasteiger partial charge >= 0.3 is 0 Å². The third kappa shape index (κ3) is 4.75. The lowest BCUT2D eigenvalue weighted by Gasteiger charge is -2.32. The first-order chi connectivity index (χ1) is 17.6. The quantitative estimate of drug-likeness (QED) is 0.544. The van der Waals surface area contributed by atoms with Gasteiger partial charge in [-0.1, -0.05) is 85.0 Å². The molecule has 2 aliphatic rings. The van der Waals surface area contributed by atoms with Gasteiger partial charge in [0.25, 0.3) is 5.91 Å². The maximum atomic E-state index is 13.5. The van der Waals surface area contributed by atoms with E-state index in [0.29, 0.717) is 18.7 Å². The SMILES string of the molecule is NC(C(=O)NCc1cccc(C(=O)N2CCc3ccccc3C2)c1)(C1=CC=CCC1)c1ccccc1. The molecule has 182 valence electrons. The Balaban J connectivity index is 1.31. The molecule has 0 spiro atoms. The van der Waals surface area contributed by atoms with Crippen LogP contribution in [0, 0.1) is 0 Å². The van der Waals surface area contributed by atoms with E-state index in [1.165, 1.54) is 11.1 Å². The lowest BCUT2D eigenvalue weighted by Crippen LogP contribution is -2.52. The van der Waals surface area contributed by atoms with Gasteiger partial charge in [-0.2, -0.15) is 0 Å². The van der Waals surface area contributed by atoms with E-state index in [1.807, 2.05) is 83.8 Å². The molecule has 1 aliphatic carbocycles. The molecule has 2 amide bonds. The van der Waals surface area contributed by atoms with E-state index in [1.54, 1.807) is 0 Å². The minimum Gasteiger partial charge on any atom is -0.350 e. The molecule has 3 aromatic rings. The average molecular weight is 478 g/mol. The topological polar surface area (TPSA) is 75.4 Å². The Morgan fingerprint density at radius 2 is 1.69 bits per heavy atom. The van der Waals surface area contributed by atoms with Crippen molar-refractivity contribution in [2.24, 2.45) is 5.73 Å². The second-order valence-corrected chi connectivity index (χ2v) is 9.46. The van der Waals surface area contributed by atoms with Crippen molar-refractivity contribution >= 4 is 11.8 Å².